The van der Waals surface area contributed by atoms with E-state index < -0.39 is 0 Å². The van der Waals surface area contributed by atoms with E-state index in [4.69, 9.17) is 12.2 Å². The fourth-order valence-electron chi connectivity index (χ4n) is 0.232. The largest absolute Gasteiger partial charge is 0.329 e. The molecular weight excluding hydrogens is 345 g/mol. The van der Waals surface area contributed by atoms with E-state index >= 15 is 0 Å². The predicted molar refractivity (Wildman–Crippen MR) is 145 cm³/mol. The summed E-state index contributed by atoms with van der Waals surface area (Å²) in [4.78, 5) is 0. The smallest absolute Gasteiger partial charge is 0.0785 e. The molecule has 0 saturated carbocycles. The van der Waals surface area contributed by atoms with Gasteiger partial charge in [-0.05, 0) is 0 Å². The number of rotatable bonds is 2. The number of terminal acetylenes is 1. The van der Waals surface area contributed by atoms with Crippen molar-refractivity contribution in [3.8, 4) is 12.3 Å². The first kappa shape index (κ1) is 71.4. The molecule has 0 aliphatic carbocycles. The molecule has 0 aromatic rings. The van der Waals surface area contributed by atoms with E-state index in [1.807, 2.05) is 96.9 Å². The van der Waals surface area contributed by atoms with Crippen molar-refractivity contribution in [1.29, 1.82) is 0 Å². The maximum atomic E-state index is 9.50. The molecular formula is C26H66FN. The lowest BCUT2D eigenvalue weighted by atomic mass is 10.2. The van der Waals surface area contributed by atoms with Crippen molar-refractivity contribution in [2.45, 2.75) is 117 Å². The van der Waals surface area contributed by atoms with Gasteiger partial charge in [0.1, 0.15) is 0 Å². The van der Waals surface area contributed by atoms with Gasteiger partial charge in [-0.15, -0.1) is 26.2 Å². The van der Waals surface area contributed by atoms with Crippen LogP contribution in [0.25, 0.3) is 0 Å². The van der Waals surface area contributed by atoms with Gasteiger partial charge in [0.2, 0.25) is 0 Å². The summed E-state index contributed by atoms with van der Waals surface area (Å²) in [7, 11) is 0.500. The Morgan fingerprint density at radius 2 is 0.893 bits per heavy atom. The molecule has 0 fully saturated rings. The van der Waals surface area contributed by atoms with Crippen molar-refractivity contribution in [1.82, 2.24) is 0 Å². The second-order valence-electron chi connectivity index (χ2n) is 1.95. The third kappa shape index (κ3) is 587. The lowest BCUT2D eigenvalue weighted by Gasteiger charge is -1.94. The van der Waals surface area contributed by atoms with Crippen molar-refractivity contribution in [2.75, 3.05) is 13.7 Å². The van der Waals surface area contributed by atoms with Crippen molar-refractivity contribution in [3.63, 3.8) is 0 Å². The Balaban J connectivity index is -0.0000000134. The highest BCUT2D eigenvalue weighted by molar-refractivity contribution is 5.02. The Bertz CT molecular complexity index is 118. The van der Waals surface area contributed by atoms with Crippen LogP contribution in [0.4, 0.5) is 4.39 Å². The topological polar surface area (TPSA) is 26.0 Å². The van der Waals surface area contributed by atoms with E-state index in [1.54, 1.807) is 6.08 Å². The van der Waals surface area contributed by atoms with Gasteiger partial charge >= 0.3 is 0 Å². The van der Waals surface area contributed by atoms with E-state index in [2.05, 4.69) is 39.5 Å². The van der Waals surface area contributed by atoms with Gasteiger partial charge in [0, 0.05) is 12.5 Å². The molecule has 1 atom stereocenters. The highest BCUT2D eigenvalue weighted by atomic mass is 19.1. The van der Waals surface area contributed by atoms with Crippen molar-refractivity contribution in [2.24, 2.45) is 11.7 Å². The molecule has 182 valence electrons. The maximum Gasteiger partial charge on any atom is 0.0785 e. The van der Waals surface area contributed by atoms with Gasteiger partial charge in [0.25, 0.3) is 0 Å². The minimum absolute atomic E-state index is 0.0556. The fourth-order valence-corrected chi connectivity index (χ4v) is 0.232. The molecule has 0 saturated heterocycles. The Kier molecular flexibility index (Phi) is 1170. The van der Waals surface area contributed by atoms with E-state index in [9.17, 15) is 4.39 Å². The van der Waals surface area contributed by atoms with E-state index in [0.717, 1.165) is 0 Å². The number of halogens is 1. The zero-order valence-electron chi connectivity index (χ0n) is 23.7. The molecule has 0 aliphatic heterocycles. The number of nitrogens with two attached hydrogens (primary N) is 1. The summed E-state index contributed by atoms with van der Waals surface area (Å²) in [6.07, 6.45) is 7.91. The molecule has 0 radical (unpaired) electrons. The second kappa shape index (κ2) is 458. The van der Waals surface area contributed by atoms with Gasteiger partial charge in [-0.1, -0.05) is 129 Å². The highest BCUT2D eigenvalue weighted by Gasteiger charge is 1.89. The maximum absolute atomic E-state index is 9.50. The van der Waals surface area contributed by atoms with Crippen LogP contribution in [-0.2, 0) is 0 Å². The number of hydrogen-bond acceptors (Lipinski definition) is 1. The summed E-state index contributed by atoms with van der Waals surface area (Å²) in [6, 6.07) is 0. The summed E-state index contributed by atoms with van der Waals surface area (Å²) < 4.78 is 9.50. The summed E-state index contributed by atoms with van der Waals surface area (Å²) in [5.74, 6) is 2.51. The summed E-state index contributed by atoms with van der Waals surface area (Å²) >= 11 is 0. The molecule has 0 rings (SSSR count). The molecule has 0 aliphatic rings. The normalized spacial score (nSPS) is 5.50. The third-order valence-electron chi connectivity index (χ3n) is 0.753. The quantitative estimate of drug-likeness (QED) is 0.355. The van der Waals surface area contributed by atoms with Gasteiger partial charge in [-0.2, -0.15) is 0 Å². The van der Waals surface area contributed by atoms with Crippen LogP contribution in [-0.4, -0.2) is 13.7 Å². The molecule has 2 N–H and O–H groups in total. The molecule has 0 aromatic carbocycles. The summed E-state index contributed by atoms with van der Waals surface area (Å²) in [5, 5.41) is 0. The Hall–Kier alpha value is -1.07. The first-order valence-corrected chi connectivity index (χ1v) is 11.4. The Morgan fingerprint density at radius 1 is 0.750 bits per heavy atom. The van der Waals surface area contributed by atoms with Crippen molar-refractivity contribution >= 4 is 0 Å². The summed E-state index contributed by atoms with van der Waals surface area (Å²) in [6.45, 7) is 42.2. The predicted octanol–water partition coefficient (Wildman–Crippen LogP) is 10.4. The van der Waals surface area contributed by atoms with Crippen LogP contribution in [0.2, 0.25) is 0 Å². The van der Waals surface area contributed by atoms with E-state index in [1.165, 1.54) is 6.42 Å². The van der Waals surface area contributed by atoms with Crippen LogP contribution in [0.3, 0.4) is 0 Å². The molecule has 0 bridgehead atoms. The van der Waals surface area contributed by atoms with Crippen LogP contribution in [0.5, 0.6) is 0 Å². The van der Waals surface area contributed by atoms with Gasteiger partial charge in [0.05, 0.1) is 7.18 Å². The molecule has 0 aromatic heterocycles. The minimum atomic E-state index is 0.0556. The number of alkyl halides is 1. The van der Waals surface area contributed by atoms with E-state index in [-0.39, 0.29) is 5.92 Å². The van der Waals surface area contributed by atoms with Crippen LogP contribution in [0.1, 0.15) is 117 Å². The van der Waals surface area contributed by atoms with Gasteiger partial charge in [-0.3, -0.25) is 4.39 Å². The van der Waals surface area contributed by atoms with Gasteiger partial charge in [0.15, 0.2) is 0 Å². The SMILES string of the molecule is C#CC(C=C)CN.C=C.CC.CC.CC.CC.CC.CC.CC.CCC.CF. The minimum Gasteiger partial charge on any atom is -0.329 e. The lowest BCUT2D eigenvalue weighted by Crippen LogP contribution is -2.08. The molecule has 1 unspecified atom stereocenters. The van der Waals surface area contributed by atoms with E-state index in [0.29, 0.717) is 13.7 Å². The average molecular weight is 412 g/mol. The monoisotopic (exact) mass is 412 g/mol. The third-order valence-corrected chi connectivity index (χ3v) is 0.753. The fraction of sp³-hybridized carbons (Fsp3) is 0.769. The molecule has 0 heterocycles. The highest BCUT2D eigenvalue weighted by Crippen LogP contribution is 1.87. The summed E-state index contributed by atoms with van der Waals surface area (Å²) in [5.41, 5.74) is 5.18. The molecule has 2 heteroatoms. The Labute approximate surface area is 185 Å². The van der Waals surface area contributed by atoms with Crippen LogP contribution >= 0.6 is 0 Å². The van der Waals surface area contributed by atoms with Crippen molar-refractivity contribution < 1.29 is 4.39 Å². The lowest BCUT2D eigenvalue weighted by molar-refractivity contribution is 0.636. The average Bonchev–Trinajstić information content (AvgIpc) is 2.87. The van der Waals surface area contributed by atoms with Gasteiger partial charge in [-0.25, -0.2) is 0 Å². The first-order valence-electron chi connectivity index (χ1n) is 11.4. The Morgan fingerprint density at radius 3 is 0.893 bits per heavy atom. The molecule has 0 spiro atoms. The standard InChI is InChI=1S/C6H9N.C3H8.7C2H6.C2H4.CH3F/c1-3-6(4-2)5-7;1-3-2;9*1-2/h1,4,6H,2,5,7H2;3H2,1-2H3;7*1-2H3;1-2H2;1H3. The molecule has 1 nitrogen and oxygen atoms in total. The zero-order valence-corrected chi connectivity index (χ0v) is 23.7. The second-order valence-corrected chi connectivity index (χ2v) is 1.95. The van der Waals surface area contributed by atoms with Crippen LogP contribution < -0.4 is 5.73 Å². The van der Waals surface area contributed by atoms with Gasteiger partial charge < -0.3 is 5.73 Å². The molecule has 0 amide bonds. The van der Waals surface area contributed by atoms with Crippen LogP contribution in [0.15, 0.2) is 25.8 Å². The first-order chi connectivity index (χ1) is 13.8. The zero-order chi connectivity index (χ0) is 26.4. The number of hydrogen-bond donors (Lipinski definition) is 1. The van der Waals surface area contributed by atoms with Crippen LogP contribution in [0, 0.1) is 18.3 Å². The van der Waals surface area contributed by atoms with Crippen molar-refractivity contribution in [3.05, 3.63) is 25.8 Å². The molecule has 28 heavy (non-hydrogen) atoms.